The summed E-state index contributed by atoms with van der Waals surface area (Å²) in [5, 5.41) is 0. The third-order valence-electron chi connectivity index (χ3n) is 1.38. The zero-order chi connectivity index (χ0) is 8.97. The summed E-state index contributed by atoms with van der Waals surface area (Å²) < 4.78 is 18.6. The molecular weight excluding hydrogens is 223 g/mol. The first kappa shape index (κ1) is 9.52. The molecule has 0 aliphatic rings. The fraction of sp³-hybridized carbons (Fsp3) is 0.333. The lowest BCUT2D eigenvalue weighted by Crippen LogP contribution is -2.07. The predicted octanol–water partition coefficient (Wildman–Crippen LogP) is 3.53. The second-order valence-electron chi connectivity index (χ2n) is 2.39. The van der Waals surface area contributed by atoms with Crippen LogP contribution >= 0.6 is 15.9 Å². The predicted molar refractivity (Wildman–Crippen MR) is 50.0 cm³/mol. The summed E-state index contributed by atoms with van der Waals surface area (Å²) >= 11 is 3.27. The summed E-state index contributed by atoms with van der Waals surface area (Å²) in [4.78, 5) is 0. The van der Waals surface area contributed by atoms with Gasteiger partial charge >= 0.3 is 0 Å². The highest BCUT2D eigenvalue weighted by atomic mass is 79.9. The molecule has 0 saturated carbocycles. The summed E-state index contributed by atoms with van der Waals surface area (Å²) in [6.07, 6.45) is -0.841. The Hall–Kier alpha value is -0.570. The lowest BCUT2D eigenvalue weighted by atomic mass is 10.3. The SMILES string of the molecule is CCC(F)Oc1cccc(Br)c1. The van der Waals surface area contributed by atoms with Crippen molar-refractivity contribution < 1.29 is 9.13 Å². The molecule has 1 rings (SSSR count). The quantitative estimate of drug-likeness (QED) is 0.775. The molecule has 1 atom stereocenters. The lowest BCUT2D eigenvalue weighted by molar-refractivity contribution is 0.0641. The van der Waals surface area contributed by atoms with Crippen LogP contribution in [0.25, 0.3) is 0 Å². The highest BCUT2D eigenvalue weighted by molar-refractivity contribution is 9.10. The van der Waals surface area contributed by atoms with Crippen molar-refractivity contribution in [3.8, 4) is 5.75 Å². The number of hydrogen-bond acceptors (Lipinski definition) is 1. The van der Waals surface area contributed by atoms with Crippen LogP contribution in [0.2, 0.25) is 0 Å². The van der Waals surface area contributed by atoms with Gasteiger partial charge in [-0.2, -0.15) is 0 Å². The van der Waals surface area contributed by atoms with Crippen molar-refractivity contribution in [2.75, 3.05) is 0 Å². The van der Waals surface area contributed by atoms with Crippen molar-refractivity contribution >= 4 is 15.9 Å². The van der Waals surface area contributed by atoms with Crippen LogP contribution in [0.4, 0.5) is 4.39 Å². The molecule has 1 unspecified atom stereocenters. The molecule has 0 saturated heterocycles. The average molecular weight is 233 g/mol. The number of halogens is 2. The minimum Gasteiger partial charge on any atom is -0.460 e. The normalized spacial score (nSPS) is 12.6. The van der Waals surface area contributed by atoms with E-state index < -0.39 is 6.36 Å². The van der Waals surface area contributed by atoms with Gasteiger partial charge in [0, 0.05) is 10.9 Å². The van der Waals surface area contributed by atoms with Crippen molar-refractivity contribution in [3.05, 3.63) is 28.7 Å². The smallest absolute Gasteiger partial charge is 0.238 e. The summed E-state index contributed by atoms with van der Waals surface area (Å²) in [5.74, 6) is 0.554. The Morgan fingerprint density at radius 2 is 2.33 bits per heavy atom. The van der Waals surface area contributed by atoms with Crippen LogP contribution in [0.5, 0.6) is 5.75 Å². The minimum absolute atomic E-state index is 0.368. The molecule has 12 heavy (non-hydrogen) atoms. The Morgan fingerprint density at radius 1 is 1.58 bits per heavy atom. The molecule has 1 nitrogen and oxygen atoms in total. The Kier molecular flexibility index (Phi) is 3.53. The molecule has 0 amide bonds. The number of benzene rings is 1. The zero-order valence-electron chi connectivity index (χ0n) is 6.76. The molecule has 1 aromatic carbocycles. The van der Waals surface area contributed by atoms with Gasteiger partial charge in [0.2, 0.25) is 6.36 Å². The zero-order valence-corrected chi connectivity index (χ0v) is 8.34. The topological polar surface area (TPSA) is 9.23 Å². The van der Waals surface area contributed by atoms with E-state index >= 15 is 0 Å². The molecule has 0 radical (unpaired) electrons. The van der Waals surface area contributed by atoms with E-state index in [1.54, 1.807) is 19.1 Å². The molecule has 0 fully saturated rings. The van der Waals surface area contributed by atoms with Gasteiger partial charge < -0.3 is 4.74 Å². The third kappa shape index (κ3) is 2.81. The molecule has 0 heterocycles. The third-order valence-corrected chi connectivity index (χ3v) is 1.87. The molecule has 0 aliphatic carbocycles. The van der Waals surface area contributed by atoms with E-state index in [9.17, 15) is 4.39 Å². The number of alkyl halides is 1. The van der Waals surface area contributed by atoms with Crippen LogP contribution in [0.15, 0.2) is 28.7 Å². The largest absolute Gasteiger partial charge is 0.460 e. The fourth-order valence-electron chi connectivity index (χ4n) is 0.771. The van der Waals surface area contributed by atoms with Gasteiger partial charge in [0.15, 0.2) is 0 Å². The number of ether oxygens (including phenoxy) is 1. The van der Waals surface area contributed by atoms with E-state index in [0.29, 0.717) is 12.2 Å². The molecular formula is C9H10BrFO. The monoisotopic (exact) mass is 232 g/mol. The molecule has 3 heteroatoms. The van der Waals surface area contributed by atoms with E-state index in [4.69, 9.17) is 4.74 Å². The molecule has 0 bridgehead atoms. The second-order valence-corrected chi connectivity index (χ2v) is 3.31. The van der Waals surface area contributed by atoms with Crippen molar-refractivity contribution in [2.24, 2.45) is 0 Å². The first-order valence-electron chi connectivity index (χ1n) is 3.78. The van der Waals surface area contributed by atoms with Crippen LogP contribution in [-0.4, -0.2) is 6.36 Å². The number of rotatable bonds is 3. The Bertz CT molecular complexity index is 252. The molecule has 0 aromatic heterocycles. The van der Waals surface area contributed by atoms with Crippen LogP contribution < -0.4 is 4.74 Å². The van der Waals surface area contributed by atoms with Crippen molar-refractivity contribution in [1.29, 1.82) is 0 Å². The maximum Gasteiger partial charge on any atom is 0.238 e. The van der Waals surface area contributed by atoms with Crippen molar-refractivity contribution in [2.45, 2.75) is 19.7 Å². The fourth-order valence-corrected chi connectivity index (χ4v) is 1.15. The molecule has 0 N–H and O–H groups in total. The van der Waals surface area contributed by atoms with Gasteiger partial charge in [-0.1, -0.05) is 28.9 Å². The van der Waals surface area contributed by atoms with E-state index in [1.807, 2.05) is 12.1 Å². The van der Waals surface area contributed by atoms with Crippen LogP contribution in [0.3, 0.4) is 0 Å². The Balaban J connectivity index is 2.63. The van der Waals surface area contributed by atoms with Crippen LogP contribution in [0.1, 0.15) is 13.3 Å². The van der Waals surface area contributed by atoms with Gasteiger partial charge in [0.1, 0.15) is 5.75 Å². The van der Waals surface area contributed by atoms with E-state index in [2.05, 4.69) is 15.9 Å². The van der Waals surface area contributed by atoms with E-state index in [1.165, 1.54) is 0 Å². The highest BCUT2D eigenvalue weighted by Crippen LogP contribution is 2.19. The molecule has 0 aliphatic heterocycles. The van der Waals surface area contributed by atoms with Gasteiger partial charge in [-0.3, -0.25) is 0 Å². The molecule has 1 aromatic rings. The average Bonchev–Trinajstić information content (AvgIpc) is 2.04. The maximum absolute atomic E-state index is 12.7. The number of hydrogen-bond donors (Lipinski definition) is 0. The van der Waals surface area contributed by atoms with Gasteiger partial charge in [-0.15, -0.1) is 0 Å². The molecule has 66 valence electrons. The van der Waals surface area contributed by atoms with Gasteiger partial charge in [0.25, 0.3) is 0 Å². The van der Waals surface area contributed by atoms with Gasteiger partial charge in [0.05, 0.1) is 0 Å². The molecule has 0 spiro atoms. The standard InChI is InChI=1S/C9H10BrFO/c1-2-9(11)12-8-5-3-4-7(10)6-8/h3-6,9H,2H2,1H3. The van der Waals surface area contributed by atoms with Gasteiger partial charge in [-0.25, -0.2) is 4.39 Å². The summed E-state index contributed by atoms with van der Waals surface area (Å²) in [6.45, 7) is 1.74. The van der Waals surface area contributed by atoms with Crippen LogP contribution in [0, 0.1) is 0 Å². The summed E-state index contributed by atoms with van der Waals surface area (Å²) in [7, 11) is 0. The Morgan fingerprint density at radius 3 is 2.92 bits per heavy atom. The van der Waals surface area contributed by atoms with E-state index in [0.717, 1.165) is 4.47 Å². The van der Waals surface area contributed by atoms with Gasteiger partial charge in [-0.05, 0) is 18.2 Å². The van der Waals surface area contributed by atoms with Crippen LogP contribution in [-0.2, 0) is 0 Å². The van der Waals surface area contributed by atoms with Crippen molar-refractivity contribution in [1.82, 2.24) is 0 Å². The summed E-state index contributed by atoms with van der Waals surface area (Å²) in [5.41, 5.74) is 0. The highest BCUT2D eigenvalue weighted by Gasteiger charge is 2.03. The minimum atomic E-state index is -1.21. The van der Waals surface area contributed by atoms with Crippen molar-refractivity contribution in [3.63, 3.8) is 0 Å². The maximum atomic E-state index is 12.7. The summed E-state index contributed by atoms with van der Waals surface area (Å²) in [6, 6.07) is 7.14. The van der Waals surface area contributed by atoms with E-state index in [-0.39, 0.29) is 0 Å². The second kappa shape index (κ2) is 4.45. The first-order chi connectivity index (χ1) is 5.72. The first-order valence-corrected chi connectivity index (χ1v) is 4.58. The Labute approximate surface area is 79.7 Å². The lowest BCUT2D eigenvalue weighted by Gasteiger charge is -2.08.